The van der Waals surface area contributed by atoms with Crippen LogP contribution in [0.5, 0.6) is 11.5 Å². The molecule has 0 radical (unpaired) electrons. The van der Waals surface area contributed by atoms with Crippen LogP contribution in [0.2, 0.25) is 0 Å². The quantitative estimate of drug-likeness (QED) is 0.202. The van der Waals surface area contributed by atoms with Gasteiger partial charge in [0, 0.05) is 24.0 Å². The second-order valence-electron chi connectivity index (χ2n) is 13.4. The first-order valence-electron chi connectivity index (χ1n) is 15.0. The molecule has 0 atom stereocenters. The van der Waals surface area contributed by atoms with Gasteiger partial charge in [-0.3, -0.25) is 19.6 Å². The molecule has 0 unspecified atom stereocenters. The lowest BCUT2D eigenvalue weighted by Crippen LogP contribution is -2.58. The lowest BCUT2D eigenvalue weighted by molar-refractivity contribution is -0.122. The number of aromatic nitrogens is 2. The normalized spacial score (nSPS) is 21.4. The van der Waals surface area contributed by atoms with Crippen LogP contribution >= 0.6 is 0 Å². The maximum Gasteiger partial charge on any atom is 0.255 e. The number of primary amides is 1. The van der Waals surface area contributed by atoms with Crippen LogP contribution in [-0.2, 0) is 10.4 Å². The van der Waals surface area contributed by atoms with Gasteiger partial charge in [-0.2, -0.15) is 0 Å². The van der Waals surface area contributed by atoms with Crippen LogP contribution in [0.25, 0.3) is 16.7 Å². The largest absolute Gasteiger partial charge is 0.490 e. The van der Waals surface area contributed by atoms with Crippen molar-refractivity contribution in [3.63, 3.8) is 0 Å². The Balaban J connectivity index is 1.15. The summed E-state index contributed by atoms with van der Waals surface area (Å²) in [7, 11) is 0. The molecule has 1 aromatic carbocycles. The Morgan fingerprint density at radius 3 is 2.27 bits per heavy atom. The molecule has 0 aliphatic heterocycles. The lowest BCUT2D eigenvalue weighted by Gasteiger charge is -2.57. The number of carbonyl (C=O) groups excluding carboxylic acids is 2. The third kappa shape index (κ3) is 7.43. The van der Waals surface area contributed by atoms with E-state index in [2.05, 4.69) is 15.3 Å². The molecular formula is C34H41N5O6. The predicted octanol–water partition coefficient (Wildman–Crippen LogP) is 3.43. The molecular weight excluding hydrogens is 574 g/mol. The van der Waals surface area contributed by atoms with E-state index in [0.717, 1.165) is 36.8 Å². The highest BCUT2D eigenvalue weighted by molar-refractivity contribution is 6.18. The fourth-order valence-corrected chi connectivity index (χ4v) is 5.94. The minimum Gasteiger partial charge on any atom is -0.490 e. The molecule has 2 heterocycles. The number of nitrogens with zero attached hydrogens (tertiary/aromatic N) is 2. The van der Waals surface area contributed by atoms with Gasteiger partial charge in [-0.25, -0.2) is 0 Å². The van der Waals surface area contributed by atoms with Crippen molar-refractivity contribution in [2.24, 2.45) is 16.9 Å². The Labute approximate surface area is 262 Å². The second kappa shape index (κ2) is 12.1. The molecule has 11 heteroatoms. The lowest BCUT2D eigenvalue weighted by atomic mass is 9.53. The topological polar surface area (TPSA) is 183 Å². The van der Waals surface area contributed by atoms with Gasteiger partial charge in [-0.15, -0.1) is 0 Å². The molecule has 11 nitrogen and oxygen atoms in total. The van der Waals surface area contributed by atoms with E-state index in [0.29, 0.717) is 28.5 Å². The van der Waals surface area contributed by atoms with Crippen molar-refractivity contribution in [1.29, 1.82) is 0 Å². The van der Waals surface area contributed by atoms with Gasteiger partial charge < -0.3 is 36.5 Å². The average Bonchev–Trinajstić information content (AvgIpc) is 2.94. The van der Waals surface area contributed by atoms with Gasteiger partial charge in [0.1, 0.15) is 23.7 Å². The summed E-state index contributed by atoms with van der Waals surface area (Å²) in [5, 5.41) is 23.1. The highest BCUT2D eigenvalue weighted by Crippen LogP contribution is 2.57. The van der Waals surface area contributed by atoms with E-state index in [4.69, 9.17) is 20.9 Å². The maximum absolute atomic E-state index is 13.0. The van der Waals surface area contributed by atoms with E-state index in [1.807, 2.05) is 6.07 Å². The summed E-state index contributed by atoms with van der Waals surface area (Å²) in [5.41, 5.74) is 12.7. The highest BCUT2D eigenvalue weighted by atomic mass is 16.5. The molecule has 2 fully saturated rings. The molecule has 45 heavy (non-hydrogen) atoms. The van der Waals surface area contributed by atoms with Crippen LogP contribution in [0.1, 0.15) is 75.1 Å². The number of hydrogen-bond donors (Lipinski definition) is 5. The predicted molar refractivity (Wildman–Crippen MR) is 169 cm³/mol. The maximum atomic E-state index is 13.0. The van der Waals surface area contributed by atoms with E-state index in [9.17, 15) is 19.8 Å². The van der Waals surface area contributed by atoms with E-state index in [1.54, 1.807) is 70.3 Å². The molecule has 7 N–H and O–H groups in total. The summed E-state index contributed by atoms with van der Waals surface area (Å²) in [5.74, 6) is 0.0438. The Morgan fingerprint density at radius 1 is 1.00 bits per heavy atom. The van der Waals surface area contributed by atoms with E-state index in [-0.39, 0.29) is 35.6 Å². The Hall–Kier alpha value is -4.48. The van der Waals surface area contributed by atoms with Gasteiger partial charge in [-0.1, -0.05) is 12.1 Å². The SMILES string of the molecule is CC(C)(O)COc1ccc(C(=CN)C(=O)NC2CC3(C2)CC(Oc2cc(-c4ccc(C(C)(C)O)nc4)ccc2C(N)=O)C3)nc1. The van der Waals surface area contributed by atoms with Gasteiger partial charge in [-0.05, 0) is 94.7 Å². The second-order valence-corrected chi connectivity index (χ2v) is 13.4. The number of nitrogens with two attached hydrogens (primary N) is 2. The van der Waals surface area contributed by atoms with Crippen molar-refractivity contribution in [3.8, 4) is 22.6 Å². The number of aliphatic hydroxyl groups is 2. The zero-order valence-electron chi connectivity index (χ0n) is 26.0. The minimum absolute atomic E-state index is 0.00618. The summed E-state index contributed by atoms with van der Waals surface area (Å²) in [6.45, 7) is 6.76. The molecule has 238 valence electrons. The first kappa shape index (κ1) is 31.9. The molecule has 0 bridgehead atoms. The first-order chi connectivity index (χ1) is 21.1. The molecule has 5 rings (SSSR count). The smallest absolute Gasteiger partial charge is 0.255 e. The van der Waals surface area contributed by atoms with Gasteiger partial charge in [0.15, 0.2) is 0 Å². The fourth-order valence-electron chi connectivity index (χ4n) is 5.94. The summed E-state index contributed by atoms with van der Waals surface area (Å²) < 4.78 is 11.8. The van der Waals surface area contributed by atoms with E-state index < -0.39 is 17.1 Å². The van der Waals surface area contributed by atoms with Crippen molar-refractivity contribution in [1.82, 2.24) is 15.3 Å². The zero-order valence-corrected chi connectivity index (χ0v) is 26.0. The Kier molecular flexibility index (Phi) is 8.61. The molecule has 2 aliphatic rings. The fraction of sp³-hybridized carbons (Fsp3) is 0.412. The van der Waals surface area contributed by atoms with Crippen LogP contribution in [-0.4, -0.2) is 56.3 Å². The van der Waals surface area contributed by atoms with Crippen LogP contribution < -0.4 is 26.3 Å². The average molecular weight is 616 g/mol. The molecule has 1 spiro atoms. The molecule has 2 aromatic heterocycles. The van der Waals surface area contributed by atoms with Crippen LogP contribution in [0, 0.1) is 5.41 Å². The monoisotopic (exact) mass is 615 g/mol. The molecule has 2 saturated carbocycles. The number of hydrogen-bond acceptors (Lipinski definition) is 9. The summed E-state index contributed by atoms with van der Waals surface area (Å²) >= 11 is 0. The van der Waals surface area contributed by atoms with Crippen molar-refractivity contribution >= 4 is 17.4 Å². The molecule has 0 saturated heterocycles. The minimum atomic E-state index is -1.05. The summed E-state index contributed by atoms with van der Waals surface area (Å²) in [6, 6.07) is 12.3. The number of nitrogens with one attached hydrogen (secondary N) is 1. The first-order valence-corrected chi connectivity index (χ1v) is 15.0. The Morgan fingerprint density at radius 2 is 1.71 bits per heavy atom. The van der Waals surface area contributed by atoms with Gasteiger partial charge in [0.2, 0.25) is 0 Å². The van der Waals surface area contributed by atoms with Gasteiger partial charge in [0.25, 0.3) is 11.8 Å². The van der Waals surface area contributed by atoms with Crippen LogP contribution in [0.3, 0.4) is 0 Å². The number of ether oxygens (including phenoxy) is 2. The third-order valence-electron chi connectivity index (χ3n) is 8.30. The molecule has 3 aromatic rings. The Bertz CT molecular complexity index is 1580. The molecule has 2 amide bonds. The van der Waals surface area contributed by atoms with Crippen molar-refractivity contribution < 1.29 is 29.3 Å². The summed E-state index contributed by atoms with van der Waals surface area (Å²) in [4.78, 5) is 33.8. The third-order valence-corrected chi connectivity index (χ3v) is 8.30. The van der Waals surface area contributed by atoms with Crippen molar-refractivity contribution in [2.45, 2.75) is 76.7 Å². The number of pyridine rings is 2. The zero-order chi connectivity index (χ0) is 32.6. The number of rotatable bonds is 11. The number of amides is 2. The van der Waals surface area contributed by atoms with E-state index >= 15 is 0 Å². The van der Waals surface area contributed by atoms with Gasteiger partial charge >= 0.3 is 0 Å². The van der Waals surface area contributed by atoms with Crippen LogP contribution in [0.15, 0.2) is 61.1 Å². The molecule has 2 aliphatic carbocycles. The van der Waals surface area contributed by atoms with Crippen LogP contribution in [0.4, 0.5) is 0 Å². The highest BCUT2D eigenvalue weighted by Gasteiger charge is 2.54. The standard InChI is InChI=1S/C34H41N5O6/c1-32(2,42)19-44-23-7-9-27(37-18-23)26(16-35)31(41)39-22-12-34(13-22)14-24(15-34)45-28-11-20(5-8-25(28)30(36)40)21-6-10-29(38-17-21)33(3,4)43/h5-11,16-18,22,24,42-43H,12-15,19,35H2,1-4H3,(H2,36,40)(H,39,41). The van der Waals surface area contributed by atoms with Crippen molar-refractivity contribution in [2.75, 3.05) is 6.61 Å². The number of carbonyl (C=O) groups is 2. The van der Waals surface area contributed by atoms with Crippen molar-refractivity contribution in [3.05, 3.63) is 78.0 Å². The summed E-state index contributed by atoms with van der Waals surface area (Å²) in [6.07, 6.45) is 7.58. The number of benzene rings is 1. The van der Waals surface area contributed by atoms with Gasteiger partial charge in [0.05, 0.1) is 40.4 Å². The van der Waals surface area contributed by atoms with E-state index in [1.165, 1.54) is 12.4 Å².